The van der Waals surface area contributed by atoms with Crippen LogP contribution in [0.4, 0.5) is 0 Å². The number of hydrogen-bond acceptors (Lipinski definition) is 3. The van der Waals surface area contributed by atoms with Gasteiger partial charge in [0.1, 0.15) is 11.5 Å². The van der Waals surface area contributed by atoms with Crippen LogP contribution < -0.4 is 4.74 Å². The predicted octanol–water partition coefficient (Wildman–Crippen LogP) is 3.69. The number of phenolic OH excluding ortho intramolecular Hbond substituents is 1. The first-order valence-corrected chi connectivity index (χ1v) is 6.44. The highest BCUT2D eigenvalue weighted by atomic mass is 16.5. The van der Waals surface area contributed by atoms with Crippen LogP contribution in [0, 0.1) is 0 Å². The van der Waals surface area contributed by atoms with Gasteiger partial charge in [-0.1, -0.05) is 18.2 Å². The average molecular weight is 268 g/mol. The third-order valence-corrected chi connectivity index (χ3v) is 2.80. The highest BCUT2D eigenvalue weighted by Gasteiger charge is 2.02. The molecule has 2 rings (SSSR count). The predicted molar refractivity (Wildman–Crippen MR) is 79.1 cm³/mol. The van der Waals surface area contributed by atoms with Crippen LogP contribution in [0.15, 0.2) is 54.6 Å². The first-order chi connectivity index (χ1) is 9.70. The van der Waals surface area contributed by atoms with Crippen LogP contribution in [0.1, 0.15) is 22.8 Å². The van der Waals surface area contributed by atoms with Gasteiger partial charge in [0.05, 0.1) is 6.61 Å². The lowest BCUT2D eigenvalue weighted by atomic mass is 10.1. The number of para-hydroxylation sites is 1. The van der Waals surface area contributed by atoms with Gasteiger partial charge in [-0.05, 0) is 49.4 Å². The molecule has 0 spiro atoms. The molecule has 0 amide bonds. The van der Waals surface area contributed by atoms with E-state index in [0.717, 1.165) is 5.75 Å². The summed E-state index contributed by atoms with van der Waals surface area (Å²) in [6.45, 7) is 2.51. The number of carbonyl (C=O) groups excluding carboxylic acids is 1. The quantitative estimate of drug-likeness (QED) is 0.664. The fourth-order valence-corrected chi connectivity index (χ4v) is 1.77. The molecule has 0 aliphatic heterocycles. The summed E-state index contributed by atoms with van der Waals surface area (Å²) in [7, 11) is 0. The monoisotopic (exact) mass is 268 g/mol. The van der Waals surface area contributed by atoms with Gasteiger partial charge in [-0.2, -0.15) is 0 Å². The molecule has 1 N–H and O–H groups in total. The van der Waals surface area contributed by atoms with Crippen molar-refractivity contribution in [1.82, 2.24) is 0 Å². The number of benzene rings is 2. The third kappa shape index (κ3) is 3.48. The Morgan fingerprint density at radius 2 is 1.85 bits per heavy atom. The van der Waals surface area contributed by atoms with E-state index in [1.165, 1.54) is 6.08 Å². The lowest BCUT2D eigenvalue weighted by Gasteiger charge is -2.03. The van der Waals surface area contributed by atoms with Gasteiger partial charge in [-0.25, -0.2) is 0 Å². The molecule has 0 bridgehead atoms. The van der Waals surface area contributed by atoms with Crippen LogP contribution in [-0.4, -0.2) is 17.5 Å². The van der Waals surface area contributed by atoms with Gasteiger partial charge in [-0.3, -0.25) is 4.79 Å². The average Bonchev–Trinajstić information content (AvgIpc) is 2.47. The second-order valence-corrected chi connectivity index (χ2v) is 4.21. The van der Waals surface area contributed by atoms with Gasteiger partial charge in [0.25, 0.3) is 0 Å². The Labute approximate surface area is 118 Å². The summed E-state index contributed by atoms with van der Waals surface area (Å²) in [5.74, 6) is 0.785. The van der Waals surface area contributed by atoms with E-state index in [4.69, 9.17) is 4.74 Å². The van der Waals surface area contributed by atoms with Crippen molar-refractivity contribution in [2.75, 3.05) is 6.61 Å². The summed E-state index contributed by atoms with van der Waals surface area (Å²) in [6, 6.07) is 13.9. The van der Waals surface area contributed by atoms with Gasteiger partial charge in [0.15, 0.2) is 5.78 Å². The summed E-state index contributed by atoms with van der Waals surface area (Å²) < 4.78 is 5.32. The van der Waals surface area contributed by atoms with E-state index >= 15 is 0 Å². The van der Waals surface area contributed by atoms with Crippen LogP contribution in [0.5, 0.6) is 11.5 Å². The molecule has 0 atom stereocenters. The summed E-state index contributed by atoms with van der Waals surface area (Å²) in [6.07, 6.45) is 3.05. The van der Waals surface area contributed by atoms with E-state index in [2.05, 4.69) is 0 Å². The summed E-state index contributed by atoms with van der Waals surface area (Å²) in [5.41, 5.74) is 1.20. The van der Waals surface area contributed by atoms with Gasteiger partial charge >= 0.3 is 0 Å². The normalized spacial score (nSPS) is 10.7. The maximum Gasteiger partial charge on any atom is 0.185 e. The minimum absolute atomic E-state index is 0.115. The van der Waals surface area contributed by atoms with Crippen LogP contribution in [0.3, 0.4) is 0 Å². The Hall–Kier alpha value is -2.55. The maximum atomic E-state index is 12.0. The van der Waals surface area contributed by atoms with Crippen molar-refractivity contribution in [2.24, 2.45) is 0 Å². The Morgan fingerprint density at radius 1 is 1.15 bits per heavy atom. The Kier molecular flexibility index (Phi) is 4.56. The first kappa shape index (κ1) is 13.9. The first-order valence-electron chi connectivity index (χ1n) is 6.44. The highest BCUT2D eigenvalue weighted by molar-refractivity contribution is 6.07. The van der Waals surface area contributed by atoms with Gasteiger partial charge in [0.2, 0.25) is 0 Å². The number of phenols is 1. The largest absolute Gasteiger partial charge is 0.507 e. The molecule has 0 aromatic heterocycles. The minimum atomic E-state index is -0.115. The molecule has 0 saturated heterocycles. The third-order valence-electron chi connectivity index (χ3n) is 2.80. The molecular formula is C17H16O3. The van der Waals surface area contributed by atoms with E-state index in [0.29, 0.717) is 17.7 Å². The van der Waals surface area contributed by atoms with E-state index in [1.807, 2.05) is 6.92 Å². The topological polar surface area (TPSA) is 46.5 Å². The Balaban J connectivity index is 2.10. The zero-order chi connectivity index (χ0) is 14.4. The molecule has 2 aromatic carbocycles. The number of ketones is 1. The summed E-state index contributed by atoms with van der Waals surface area (Å²) in [4.78, 5) is 12.0. The molecule has 0 aliphatic rings. The van der Waals surface area contributed by atoms with Crippen molar-refractivity contribution in [1.29, 1.82) is 0 Å². The highest BCUT2D eigenvalue weighted by Crippen LogP contribution is 2.18. The number of allylic oxidation sites excluding steroid dienone is 1. The standard InChI is InChI=1S/C17H16O3/c1-2-20-15-10-7-14(8-11-15)17(19)12-9-13-5-3-4-6-16(13)18/h3-12,18H,2H2,1H3/b12-9+. The second kappa shape index (κ2) is 6.57. The van der Waals surface area contributed by atoms with E-state index < -0.39 is 0 Å². The molecule has 3 nitrogen and oxygen atoms in total. The Bertz CT molecular complexity index is 612. The number of rotatable bonds is 5. The van der Waals surface area contributed by atoms with Crippen molar-refractivity contribution >= 4 is 11.9 Å². The molecule has 0 fully saturated rings. The van der Waals surface area contributed by atoms with Gasteiger partial charge < -0.3 is 9.84 Å². The molecule has 102 valence electrons. The smallest absolute Gasteiger partial charge is 0.185 e. The SMILES string of the molecule is CCOc1ccc(C(=O)/C=C/c2ccccc2O)cc1. The zero-order valence-corrected chi connectivity index (χ0v) is 11.2. The van der Waals surface area contributed by atoms with Gasteiger partial charge in [0, 0.05) is 11.1 Å². The zero-order valence-electron chi connectivity index (χ0n) is 11.2. The second-order valence-electron chi connectivity index (χ2n) is 4.21. The lowest BCUT2D eigenvalue weighted by molar-refractivity contribution is 0.104. The fraction of sp³-hybridized carbons (Fsp3) is 0.118. The van der Waals surface area contributed by atoms with Crippen molar-refractivity contribution in [3.05, 3.63) is 65.7 Å². The number of hydrogen-bond donors (Lipinski definition) is 1. The summed E-state index contributed by atoms with van der Waals surface area (Å²) in [5, 5.41) is 9.61. The molecule has 0 aliphatic carbocycles. The van der Waals surface area contributed by atoms with Gasteiger partial charge in [-0.15, -0.1) is 0 Å². The molecule has 0 saturated carbocycles. The molecule has 3 heteroatoms. The van der Waals surface area contributed by atoms with E-state index in [1.54, 1.807) is 54.6 Å². The molecule has 20 heavy (non-hydrogen) atoms. The van der Waals surface area contributed by atoms with Crippen LogP contribution in [0.2, 0.25) is 0 Å². The van der Waals surface area contributed by atoms with Crippen LogP contribution >= 0.6 is 0 Å². The molecule has 0 heterocycles. The van der Waals surface area contributed by atoms with E-state index in [-0.39, 0.29) is 11.5 Å². The van der Waals surface area contributed by atoms with Crippen LogP contribution in [-0.2, 0) is 0 Å². The fourth-order valence-electron chi connectivity index (χ4n) is 1.77. The number of carbonyl (C=O) groups is 1. The minimum Gasteiger partial charge on any atom is -0.507 e. The maximum absolute atomic E-state index is 12.0. The molecule has 0 radical (unpaired) electrons. The Morgan fingerprint density at radius 3 is 2.50 bits per heavy atom. The summed E-state index contributed by atoms with van der Waals surface area (Å²) >= 11 is 0. The number of aromatic hydroxyl groups is 1. The van der Waals surface area contributed by atoms with Crippen LogP contribution in [0.25, 0.3) is 6.08 Å². The van der Waals surface area contributed by atoms with Crippen molar-refractivity contribution < 1.29 is 14.6 Å². The molecule has 2 aromatic rings. The van der Waals surface area contributed by atoms with Crippen molar-refractivity contribution in [3.63, 3.8) is 0 Å². The molecular weight excluding hydrogens is 252 g/mol. The molecule has 0 unspecified atom stereocenters. The van der Waals surface area contributed by atoms with E-state index in [9.17, 15) is 9.90 Å². The number of ether oxygens (including phenoxy) is 1. The lowest BCUT2D eigenvalue weighted by Crippen LogP contribution is -1.95. The van der Waals surface area contributed by atoms with Crippen molar-refractivity contribution in [2.45, 2.75) is 6.92 Å². The van der Waals surface area contributed by atoms with Crippen molar-refractivity contribution in [3.8, 4) is 11.5 Å².